The van der Waals surface area contributed by atoms with Gasteiger partial charge in [-0.05, 0) is 89.9 Å². The monoisotopic (exact) mass is 1110 g/mol. The molecule has 0 saturated carbocycles. The maximum atomic E-state index is 13.4. The fraction of sp³-hybridized carbons (Fsp3) is 0.735. The lowest BCUT2D eigenvalue weighted by molar-refractivity contribution is -0.305. The maximum absolute atomic E-state index is 13.4. The molecule has 0 aromatic rings. The first kappa shape index (κ1) is 73.6. The topological polar surface area (TPSA) is 175 Å². The first-order valence-electron chi connectivity index (χ1n) is 32.0. The van der Waals surface area contributed by atoms with E-state index in [0.717, 1.165) is 103 Å². The zero-order valence-electron chi connectivity index (χ0n) is 50.2. The van der Waals surface area contributed by atoms with E-state index in [0.29, 0.717) is 12.8 Å². The van der Waals surface area contributed by atoms with Gasteiger partial charge >= 0.3 is 5.97 Å². The van der Waals surface area contributed by atoms with Gasteiger partial charge in [0, 0.05) is 6.42 Å². The van der Waals surface area contributed by atoms with Gasteiger partial charge in [-0.1, -0.05) is 259 Å². The van der Waals surface area contributed by atoms with Crippen molar-refractivity contribution in [2.45, 2.75) is 307 Å². The molecule has 79 heavy (non-hydrogen) atoms. The lowest BCUT2D eigenvalue weighted by Crippen LogP contribution is -2.61. The number of allylic oxidation sites excluding steroid dienone is 15. The number of ether oxygens (including phenoxy) is 3. The third-order valence-corrected chi connectivity index (χ3v) is 14.5. The lowest BCUT2D eigenvalue weighted by Gasteiger charge is -2.41. The van der Waals surface area contributed by atoms with Crippen LogP contribution in [0.3, 0.4) is 0 Å². The van der Waals surface area contributed by atoms with E-state index in [-0.39, 0.29) is 19.4 Å². The van der Waals surface area contributed by atoms with Crippen LogP contribution in [0.4, 0.5) is 0 Å². The van der Waals surface area contributed by atoms with Crippen LogP contribution < -0.4 is 5.32 Å². The Bertz CT molecular complexity index is 1650. The highest BCUT2D eigenvalue weighted by molar-refractivity contribution is 5.80. The van der Waals surface area contributed by atoms with Crippen LogP contribution in [0.2, 0.25) is 0 Å². The second kappa shape index (κ2) is 55.1. The zero-order chi connectivity index (χ0) is 57.5. The van der Waals surface area contributed by atoms with Crippen molar-refractivity contribution in [1.82, 2.24) is 5.32 Å². The Balaban J connectivity index is 2.62. The van der Waals surface area contributed by atoms with Gasteiger partial charge in [0.05, 0.1) is 25.4 Å². The summed E-state index contributed by atoms with van der Waals surface area (Å²) in [6.45, 7) is 5.61. The number of aliphatic hydroxyl groups is 5. The smallest absolute Gasteiger partial charge is 0.306 e. The Hall–Kier alpha value is -3.42. The van der Waals surface area contributed by atoms with Crippen molar-refractivity contribution in [3.63, 3.8) is 0 Å². The summed E-state index contributed by atoms with van der Waals surface area (Å²) < 4.78 is 17.6. The Morgan fingerprint density at radius 2 is 0.962 bits per heavy atom. The van der Waals surface area contributed by atoms with Crippen LogP contribution >= 0.6 is 0 Å². The Kier molecular flexibility index (Phi) is 51.4. The van der Waals surface area contributed by atoms with Gasteiger partial charge in [-0.2, -0.15) is 0 Å². The van der Waals surface area contributed by atoms with Gasteiger partial charge < -0.3 is 45.1 Å². The number of carbonyl (C=O) groups is 2. The van der Waals surface area contributed by atoms with Crippen LogP contribution in [0.15, 0.2) is 97.2 Å². The van der Waals surface area contributed by atoms with E-state index in [1.807, 2.05) is 30.4 Å². The van der Waals surface area contributed by atoms with Gasteiger partial charge in [0.2, 0.25) is 5.91 Å². The molecule has 0 bridgehead atoms. The minimum atomic E-state index is -1.63. The van der Waals surface area contributed by atoms with Crippen molar-refractivity contribution >= 4 is 11.9 Å². The predicted molar refractivity (Wildman–Crippen MR) is 329 cm³/mol. The molecule has 0 spiro atoms. The SMILES string of the molecule is CC/C=C/C=C/C=C\CCCCCCC(O)C(=O)NC(COC1OC(CO)C(O)C(O)C1OC(=O)CCCCCCCCCCC/C=C\C/C=C\C/C=C\C/C=C\CCCCC)C(O)/C=C/CCCCCCCCCCCCC. The van der Waals surface area contributed by atoms with E-state index in [4.69, 9.17) is 14.2 Å². The molecular weight excluding hydrogens is 991 g/mol. The summed E-state index contributed by atoms with van der Waals surface area (Å²) in [4.78, 5) is 26.5. The summed E-state index contributed by atoms with van der Waals surface area (Å²) in [6.07, 6.45) is 63.0. The van der Waals surface area contributed by atoms with Crippen LogP contribution in [0.5, 0.6) is 0 Å². The van der Waals surface area contributed by atoms with Crippen LogP contribution in [0.25, 0.3) is 0 Å². The number of nitrogens with one attached hydrogen (secondary N) is 1. The zero-order valence-corrected chi connectivity index (χ0v) is 50.2. The van der Waals surface area contributed by atoms with Crippen LogP contribution in [-0.4, -0.2) is 99.6 Å². The first-order chi connectivity index (χ1) is 38.7. The molecule has 0 aromatic carbocycles. The minimum Gasteiger partial charge on any atom is -0.454 e. The van der Waals surface area contributed by atoms with Crippen molar-refractivity contribution in [1.29, 1.82) is 0 Å². The third kappa shape index (κ3) is 43.0. The van der Waals surface area contributed by atoms with Crippen LogP contribution in [-0.2, 0) is 23.8 Å². The summed E-state index contributed by atoms with van der Waals surface area (Å²) in [5.41, 5.74) is 0. The highest BCUT2D eigenvalue weighted by Crippen LogP contribution is 2.26. The summed E-state index contributed by atoms with van der Waals surface area (Å²) >= 11 is 0. The second-order valence-corrected chi connectivity index (χ2v) is 21.8. The van der Waals surface area contributed by atoms with Gasteiger partial charge in [0.25, 0.3) is 0 Å². The summed E-state index contributed by atoms with van der Waals surface area (Å²) in [5.74, 6) is -1.23. The maximum Gasteiger partial charge on any atom is 0.306 e. The van der Waals surface area contributed by atoms with E-state index >= 15 is 0 Å². The van der Waals surface area contributed by atoms with Gasteiger partial charge in [0.1, 0.15) is 24.4 Å². The molecule has 6 N–H and O–H groups in total. The number of unbranched alkanes of at least 4 members (excludes halogenated alkanes) is 27. The molecule has 11 heteroatoms. The van der Waals surface area contributed by atoms with Gasteiger partial charge in [0.15, 0.2) is 12.4 Å². The number of rotatable bonds is 53. The molecule has 1 amide bonds. The second-order valence-electron chi connectivity index (χ2n) is 21.8. The standard InChI is InChI=1S/C68H117NO10/c1-4-7-10-13-16-19-22-25-26-27-28-29-30-31-32-33-34-35-36-38-41-44-47-50-53-56-63(73)79-66-65(75)64(74)62(57-70)78-68(66)77-58-59(60(71)54-51-48-45-42-40-37-23-20-17-14-11-8-5-2)69-67(76)61(72)55-52-49-46-43-39-24-21-18-15-12-9-6-3/h9,12,15-16,18-19,21,24-26,28-29,31-32,51,54,59-62,64-66,68,70-72,74-75H,4-8,10-11,13-14,17,20,22-23,27,30,33-50,52-53,55-58H2,1-3H3,(H,69,76)/b12-9+,18-15+,19-16-,24-21-,26-25-,29-28-,32-31-,54-51+. The van der Waals surface area contributed by atoms with Crippen LogP contribution in [0.1, 0.15) is 258 Å². The number of aliphatic hydroxyl groups excluding tert-OH is 5. The fourth-order valence-electron chi connectivity index (χ4n) is 9.46. The molecule has 1 aliphatic heterocycles. The molecule has 1 heterocycles. The molecule has 11 nitrogen and oxygen atoms in total. The Morgan fingerprint density at radius 3 is 1.49 bits per heavy atom. The Morgan fingerprint density at radius 1 is 0.519 bits per heavy atom. The summed E-state index contributed by atoms with van der Waals surface area (Å²) in [5, 5.41) is 57.0. The van der Waals surface area contributed by atoms with Crippen molar-refractivity contribution in [3.05, 3.63) is 97.2 Å². The minimum absolute atomic E-state index is 0.109. The van der Waals surface area contributed by atoms with E-state index in [9.17, 15) is 35.1 Å². The first-order valence-corrected chi connectivity index (χ1v) is 32.0. The van der Waals surface area contributed by atoms with Crippen molar-refractivity contribution in [2.75, 3.05) is 13.2 Å². The average Bonchev–Trinajstić information content (AvgIpc) is 3.51. The predicted octanol–water partition coefficient (Wildman–Crippen LogP) is 15.5. The fourth-order valence-corrected chi connectivity index (χ4v) is 9.46. The summed E-state index contributed by atoms with van der Waals surface area (Å²) in [6, 6.07) is -1.04. The van der Waals surface area contributed by atoms with E-state index < -0.39 is 67.4 Å². The van der Waals surface area contributed by atoms with E-state index in [1.165, 1.54) is 109 Å². The van der Waals surface area contributed by atoms with Gasteiger partial charge in [-0.3, -0.25) is 9.59 Å². The van der Waals surface area contributed by atoms with E-state index in [2.05, 4.69) is 86.8 Å². The molecule has 1 aliphatic rings. The molecule has 8 atom stereocenters. The number of amides is 1. The van der Waals surface area contributed by atoms with Crippen molar-refractivity contribution < 1.29 is 49.3 Å². The normalized spacial score (nSPS) is 19.5. The molecule has 454 valence electrons. The number of esters is 1. The van der Waals surface area contributed by atoms with Crippen molar-refractivity contribution in [2.24, 2.45) is 0 Å². The van der Waals surface area contributed by atoms with Crippen LogP contribution in [0, 0.1) is 0 Å². The lowest BCUT2D eigenvalue weighted by atomic mass is 9.99. The molecule has 1 rings (SSSR count). The Labute approximate surface area is 482 Å². The van der Waals surface area contributed by atoms with Crippen molar-refractivity contribution in [3.8, 4) is 0 Å². The highest BCUT2D eigenvalue weighted by atomic mass is 16.7. The molecular formula is C68H117NO10. The summed E-state index contributed by atoms with van der Waals surface area (Å²) in [7, 11) is 0. The van der Waals surface area contributed by atoms with E-state index in [1.54, 1.807) is 6.08 Å². The highest BCUT2D eigenvalue weighted by Gasteiger charge is 2.47. The molecule has 1 saturated heterocycles. The third-order valence-electron chi connectivity index (χ3n) is 14.5. The molecule has 1 fully saturated rings. The van der Waals surface area contributed by atoms with Gasteiger partial charge in [-0.15, -0.1) is 0 Å². The molecule has 0 aromatic heterocycles. The number of hydrogen-bond acceptors (Lipinski definition) is 10. The van der Waals surface area contributed by atoms with Gasteiger partial charge in [-0.25, -0.2) is 0 Å². The quantitative estimate of drug-likeness (QED) is 0.0149. The average molecular weight is 1110 g/mol. The molecule has 8 unspecified atom stereocenters. The largest absolute Gasteiger partial charge is 0.454 e. The number of hydrogen-bond donors (Lipinski definition) is 6. The molecule has 0 aliphatic carbocycles. The molecule has 0 radical (unpaired) electrons. The number of carbonyl (C=O) groups excluding carboxylic acids is 2.